The summed E-state index contributed by atoms with van der Waals surface area (Å²) in [4.78, 5) is 35.2. The molecule has 6 rings (SSSR count). The predicted molar refractivity (Wildman–Crippen MR) is 137 cm³/mol. The van der Waals surface area contributed by atoms with E-state index in [9.17, 15) is 14.0 Å². The van der Waals surface area contributed by atoms with Crippen molar-refractivity contribution < 1.29 is 13.7 Å². The first kappa shape index (κ1) is 22.8. The Morgan fingerprint density at radius 2 is 1.95 bits per heavy atom. The minimum atomic E-state index is -0.437. The van der Waals surface area contributed by atoms with Gasteiger partial charge in [-0.1, -0.05) is 23.4 Å². The number of aromatic nitrogens is 4. The third-order valence-electron chi connectivity index (χ3n) is 6.50. The van der Waals surface area contributed by atoms with Gasteiger partial charge in [0, 0.05) is 23.1 Å². The molecule has 0 saturated heterocycles. The minimum absolute atomic E-state index is 0.0282. The monoisotopic (exact) mass is 495 g/mol. The van der Waals surface area contributed by atoms with Crippen molar-refractivity contribution in [3.8, 4) is 22.8 Å². The number of carbonyl (C=O) groups is 1. The lowest BCUT2D eigenvalue weighted by atomic mass is 10.1. The summed E-state index contributed by atoms with van der Waals surface area (Å²) < 4.78 is 20.6. The molecule has 9 heteroatoms. The molecular formula is C28H22FN5O3. The first-order chi connectivity index (χ1) is 17.9. The van der Waals surface area contributed by atoms with Gasteiger partial charge in [-0.15, -0.1) is 0 Å². The lowest BCUT2D eigenvalue weighted by Crippen LogP contribution is -2.22. The third-order valence-corrected chi connectivity index (χ3v) is 6.50. The summed E-state index contributed by atoms with van der Waals surface area (Å²) in [5, 5.41) is 7.19. The number of hydrogen-bond donors (Lipinski definition) is 1. The van der Waals surface area contributed by atoms with E-state index in [4.69, 9.17) is 4.52 Å². The van der Waals surface area contributed by atoms with Crippen molar-refractivity contribution in [1.82, 2.24) is 19.7 Å². The zero-order chi connectivity index (χ0) is 25.5. The molecule has 0 unspecified atom stereocenters. The highest BCUT2D eigenvalue weighted by atomic mass is 19.1. The molecule has 0 aliphatic heterocycles. The van der Waals surface area contributed by atoms with Crippen LogP contribution in [0, 0.1) is 12.7 Å². The average molecular weight is 496 g/mol. The summed E-state index contributed by atoms with van der Waals surface area (Å²) in [7, 11) is 0. The maximum absolute atomic E-state index is 13.7. The summed E-state index contributed by atoms with van der Waals surface area (Å²) in [6.07, 6.45) is 4.71. The second-order valence-corrected chi connectivity index (χ2v) is 9.14. The molecule has 3 heterocycles. The Morgan fingerprint density at radius 1 is 1.08 bits per heavy atom. The summed E-state index contributed by atoms with van der Waals surface area (Å²) >= 11 is 0. The molecule has 5 aromatic rings. The first-order valence-electron chi connectivity index (χ1n) is 12.0. The molecule has 1 aliphatic rings. The molecule has 0 bridgehead atoms. The van der Waals surface area contributed by atoms with E-state index in [1.54, 1.807) is 22.8 Å². The van der Waals surface area contributed by atoms with Crippen molar-refractivity contribution in [3.63, 3.8) is 0 Å². The fourth-order valence-corrected chi connectivity index (χ4v) is 4.72. The Morgan fingerprint density at radius 3 is 2.81 bits per heavy atom. The summed E-state index contributed by atoms with van der Waals surface area (Å²) in [6, 6.07) is 15.2. The van der Waals surface area contributed by atoms with Gasteiger partial charge in [-0.05, 0) is 73.7 Å². The van der Waals surface area contributed by atoms with Gasteiger partial charge in [0.05, 0.1) is 5.39 Å². The quantitative estimate of drug-likeness (QED) is 0.380. The van der Waals surface area contributed by atoms with Crippen molar-refractivity contribution in [2.75, 3.05) is 5.32 Å². The first-order valence-corrected chi connectivity index (χ1v) is 12.0. The molecule has 0 radical (unpaired) electrons. The maximum atomic E-state index is 13.7. The SMILES string of the molecule is Cc1ccc2c(=O)c(-c3nc(-c4cccc(F)c4)no3)cn(CC(=O)Nc3ccc4c(c3)CCC4)c2n1. The number of benzene rings is 2. The molecule has 8 nitrogen and oxygen atoms in total. The normalized spacial score (nSPS) is 12.6. The van der Waals surface area contributed by atoms with Crippen LogP contribution in [0.15, 0.2) is 70.1 Å². The number of aryl methyl sites for hydroxylation is 3. The Hall–Kier alpha value is -4.66. The number of anilines is 1. The van der Waals surface area contributed by atoms with Crippen LogP contribution < -0.4 is 10.7 Å². The van der Waals surface area contributed by atoms with E-state index in [1.165, 1.54) is 35.5 Å². The second-order valence-electron chi connectivity index (χ2n) is 9.14. The van der Waals surface area contributed by atoms with Crippen LogP contribution >= 0.6 is 0 Å². The lowest BCUT2D eigenvalue weighted by Gasteiger charge is -2.13. The number of nitrogens with one attached hydrogen (secondary N) is 1. The smallest absolute Gasteiger partial charge is 0.263 e. The molecule has 184 valence electrons. The molecular weight excluding hydrogens is 473 g/mol. The van der Waals surface area contributed by atoms with E-state index in [2.05, 4.69) is 26.5 Å². The van der Waals surface area contributed by atoms with Crippen LogP contribution in [0.3, 0.4) is 0 Å². The Balaban J connectivity index is 1.37. The topological polar surface area (TPSA) is 103 Å². The number of hydrogen-bond acceptors (Lipinski definition) is 6. The fraction of sp³-hybridized carbons (Fsp3) is 0.179. The molecule has 1 N–H and O–H groups in total. The van der Waals surface area contributed by atoms with Crippen LogP contribution in [0.4, 0.5) is 10.1 Å². The second kappa shape index (κ2) is 9.09. The number of nitrogens with zero attached hydrogens (tertiary/aromatic N) is 4. The zero-order valence-corrected chi connectivity index (χ0v) is 20.0. The third kappa shape index (κ3) is 4.40. The number of fused-ring (bicyclic) bond motifs is 2. The largest absolute Gasteiger partial charge is 0.333 e. The van der Waals surface area contributed by atoms with E-state index in [1.807, 2.05) is 19.1 Å². The highest BCUT2D eigenvalue weighted by Gasteiger charge is 2.20. The molecule has 0 saturated carbocycles. The van der Waals surface area contributed by atoms with Gasteiger partial charge in [-0.25, -0.2) is 9.37 Å². The summed E-state index contributed by atoms with van der Waals surface area (Å²) in [6.45, 7) is 1.73. The Bertz CT molecular complexity index is 1740. The van der Waals surface area contributed by atoms with Crippen LogP contribution in [0.25, 0.3) is 33.9 Å². The Kier molecular flexibility index (Phi) is 5.60. The van der Waals surface area contributed by atoms with E-state index in [-0.39, 0.29) is 35.2 Å². The maximum Gasteiger partial charge on any atom is 0.263 e. The van der Waals surface area contributed by atoms with Gasteiger partial charge >= 0.3 is 0 Å². The number of amides is 1. The lowest BCUT2D eigenvalue weighted by molar-refractivity contribution is -0.116. The van der Waals surface area contributed by atoms with Crippen molar-refractivity contribution in [3.05, 3.63) is 93.7 Å². The fourth-order valence-electron chi connectivity index (χ4n) is 4.72. The Labute approximate surface area is 210 Å². The standard InChI is InChI=1S/C28H22FN5O3/c1-16-8-11-22-25(36)23(28-32-26(33-37-28)19-6-3-7-20(29)12-19)14-34(27(22)30-16)15-24(35)31-21-10-9-17-4-2-5-18(17)13-21/h3,6-14H,2,4-5,15H2,1H3,(H,31,35). The molecule has 0 fully saturated rings. The van der Waals surface area contributed by atoms with Crippen LogP contribution in [-0.4, -0.2) is 25.6 Å². The highest BCUT2D eigenvalue weighted by molar-refractivity contribution is 5.92. The number of carbonyl (C=O) groups excluding carboxylic acids is 1. The molecule has 3 aromatic heterocycles. The van der Waals surface area contributed by atoms with Gasteiger partial charge in [0.25, 0.3) is 5.89 Å². The van der Waals surface area contributed by atoms with Crippen molar-refractivity contribution in [2.45, 2.75) is 32.7 Å². The van der Waals surface area contributed by atoms with Crippen LogP contribution in [-0.2, 0) is 24.2 Å². The predicted octanol–water partition coefficient (Wildman–Crippen LogP) is 4.69. The summed E-state index contributed by atoms with van der Waals surface area (Å²) in [5.41, 5.74) is 4.59. The van der Waals surface area contributed by atoms with Gasteiger partial charge in [0.2, 0.25) is 17.2 Å². The van der Waals surface area contributed by atoms with Gasteiger partial charge in [-0.2, -0.15) is 4.98 Å². The number of pyridine rings is 2. The number of halogens is 1. The van der Waals surface area contributed by atoms with Crippen LogP contribution in [0.5, 0.6) is 0 Å². The molecule has 0 spiro atoms. The molecule has 1 amide bonds. The van der Waals surface area contributed by atoms with Crippen LogP contribution in [0.1, 0.15) is 23.2 Å². The number of rotatable bonds is 5. The van der Waals surface area contributed by atoms with Gasteiger partial charge in [0.1, 0.15) is 23.6 Å². The van der Waals surface area contributed by atoms with E-state index in [0.717, 1.165) is 24.9 Å². The average Bonchev–Trinajstić information content (AvgIpc) is 3.55. The highest BCUT2D eigenvalue weighted by Crippen LogP contribution is 2.26. The van der Waals surface area contributed by atoms with E-state index < -0.39 is 5.82 Å². The van der Waals surface area contributed by atoms with Crippen LogP contribution in [0.2, 0.25) is 0 Å². The van der Waals surface area contributed by atoms with Crippen molar-refractivity contribution in [1.29, 1.82) is 0 Å². The van der Waals surface area contributed by atoms with Crippen molar-refractivity contribution in [2.24, 2.45) is 0 Å². The molecule has 2 aromatic carbocycles. The van der Waals surface area contributed by atoms with E-state index >= 15 is 0 Å². The van der Waals surface area contributed by atoms with E-state index in [0.29, 0.717) is 22.3 Å². The van der Waals surface area contributed by atoms with Crippen molar-refractivity contribution >= 4 is 22.6 Å². The molecule has 1 aliphatic carbocycles. The van der Waals surface area contributed by atoms with Gasteiger partial charge in [0.15, 0.2) is 0 Å². The van der Waals surface area contributed by atoms with Gasteiger partial charge in [-0.3, -0.25) is 9.59 Å². The zero-order valence-electron chi connectivity index (χ0n) is 20.0. The minimum Gasteiger partial charge on any atom is -0.333 e. The van der Waals surface area contributed by atoms with Gasteiger partial charge < -0.3 is 14.4 Å². The summed E-state index contributed by atoms with van der Waals surface area (Å²) in [5.74, 6) is -0.577. The molecule has 37 heavy (non-hydrogen) atoms. The molecule has 0 atom stereocenters.